The van der Waals surface area contributed by atoms with Gasteiger partial charge in [-0.2, -0.15) is 0 Å². The molecule has 0 aliphatic carbocycles. The first-order valence-electron chi connectivity index (χ1n) is 6.07. The van der Waals surface area contributed by atoms with Crippen molar-refractivity contribution in [1.29, 1.82) is 0 Å². The van der Waals surface area contributed by atoms with Gasteiger partial charge in [-0.05, 0) is 39.0 Å². The average Bonchev–Trinajstić information content (AvgIpc) is 2.69. The first-order chi connectivity index (χ1) is 8.60. The third-order valence-corrected chi connectivity index (χ3v) is 3.00. The second-order valence-electron chi connectivity index (χ2n) is 4.47. The Bertz CT molecular complexity index is 531. The molecule has 1 atom stereocenters. The van der Waals surface area contributed by atoms with Crippen molar-refractivity contribution in [3.05, 3.63) is 47.4 Å². The van der Waals surface area contributed by atoms with Gasteiger partial charge in [-0.1, -0.05) is 6.07 Å². The summed E-state index contributed by atoms with van der Waals surface area (Å²) >= 11 is 0. The van der Waals surface area contributed by atoms with Gasteiger partial charge in [0.25, 0.3) is 0 Å². The Morgan fingerprint density at radius 1 is 1.22 bits per heavy atom. The van der Waals surface area contributed by atoms with Gasteiger partial charge in [0.1, 0.15) is 17.3 Å². The average molecular weight is 245 g/mol. The highest BCUT2D eigenvalue weighted by atomic mass is 16.5. The third-order valence-electron chi connectivity index (χ3n) is 3.00. The summed E-state index contributed by atoms with van der Waals surface area (Å²) in [7, 11) is 1.67. The highest BCUT2D eigenvalue weighted by Gasteiger charge is 2.12. The SMILES string of the molecule is COc1cccc(NC(C)c2cc(C)oc2C)c1. The Labute approximate surface area is 108 Å². The fraction of sp³-hybridized carbons (Fsp3) is 0.333. The second-order valence-corrected chi connectivity index (χ2v) is 4.47. The molecular formula is C15H19NO2. The molecule has 0 saturated carbocycles. The van der Waals surface area contributed by atoms with Crippen molar-refractivity contribution >= 4 is 5.69 Å². The summed E-state index contributed by atoms with van der Waals surface area (Å²) in [4.78, 5) is 0. The summed E-state index contributed by atoms with van der Waals surface area (Å²) in [5, 5.41) is 3.45. The summed E-state index contributed by atoms with van der Waals surface area (Å²) < 4.78 is 10.8. The zero-order chi connectivity index (χ0) is 13.1. The Morgan fingerprint density at radius 3 is 2.61 bits per heavy atom. The van der Waals surface area contributed by atoms with E-state index in [-0.39, 0.29) is 6.04 Å². The molecule has 0 aliphatic rings. The molecule has 3 nitrogen and oxygen atoms in total. The molecule has 0 saturated heterocycles. The molecule has 3 heteroatoms. The maximum absolute atomic E-state index is 5.55. The van der Waals surface area contributed by atoms with E-state index in [1.807, 2.05) is 38.1 Å². The summed E-state index contributed by atoms with van der Waals surface area (Å²) in [5.41, 5.74) is 2.23. The molecule has 0 amide bonds. The van der Waals surface area contributed by atoms with Crippen molar-refractivity contribution in [1.82, 2.24) is 0 Å². The van der Waals surface area contributed by atoms with Crippen LogP contribution in [0.25, 0.3) is 0 Å². The van der Waals surface area contributed by atoms with Gasteiger partial charge in [0, 0.05) is 17.3 Å². The molecule has 0 radical (unpaired) electrons. The van der Waals surface area contributed by atoms with Crippen LogP contribution in [-0.2, 0) is 0 Å². The van der Waals surface area contributed by atoms with Gasteiger partial charge < -0.3 is 14.5 Å². The quantitative estimate of drug-likeness (QED) is 0.881. The number of aryl methyl sites for hydroxylation is 2. The number of hydrogen-bond acceptors (Lipinski definition) is 3. The van der Waals surface area contributed by atoms with Crippen LogP contribution in [0.1, 0.15) is 30.0 Å². The van der Waals surface area contributed by atoms with E-state index in [0.717, 1.165) is 23.0 Å². The Balaban J connectivity index is 2.15. The van der Waals surface area contributed by atoms with Crippen molar-refractivity contribution < 1.29 is 9.15 Å². The predicted molar refractivity (Wildman–Crippen MR) is 73.2 cm³/mol. The van der Waals surface area contributed by atoms with E-state index in [4.69, 9.17) is 9.15 Å². The van der Waals surface area contributed by atoms with Crippen LogP contribution in [0.2, 0.25) is 0 Å². The molecule has 0 fully saturated rings. The molecule has 2 rings (SSSR count). The third kappa shape index (κ3) is 2.67. The minimum absolute atomic E-state index is 0.203. The molecule has 1 unspecified atom stereocenters. The topological polar surface area (TPSA) is 34.4 Å². The monoisotopic (exact) mass is 245 g/mol. The number of benzene rings is 1. The van der Waals surface area contributed by atoms with Crippen LogP contribution >= 0.6 is 0 Å². The number of hydrogen-bond donors (Lipinski definition) is 1. The normalized spacial score (nSPS) is 12.2. The van der Waals surface area contributed by atoms with Crippen LogP contribution in [0, 0.1) is 13.8 Å². The van der Waals surface area contributed by atoms with E-state index in [1.54, 1.807) is 7.11 Å². The van der Waals surface area contributed by atoms with Crippen LogP contribution in [0.4, 0.5) is 5.69 Å². The summed E-state index contributed by atoms with van der Waals surface area (Å²) in [6.45, 7) is 6.08. The van der Waals surface area contributed by atoms with Crippen LogP contribution < -0.4 is 10.1 Å². The van der Waals surface area contributed by atoms with Gasteiger partial charge in [0.05, 0.1) is 13.2 Å². The zero-order valence-electron chi connectivity index (χ0n) is 11.3. The lowest BCUT2D eigenvalue weighted by atomic mass is 10.1. The largest absolute Gasteiger partial charge is 0.497 e. The maximum atomic E-state index is 5.55. The van der Waals surface area contributed by atoms with Crippen molar-refractivity contribution in [2.24, 2.45) is 0 Å². The van der Waals surface area contributed by atoms with Crippen LogP contribution in [0.15, 0.2) is 34.7 Å². The summed E-state index contributed by atoms with van der Waals surface area (Å²) in [6.07, 6.45) is 0. The van der Waals surface area contributed by atoms with E-state index in [1.165, 1.54) is 5.56 Å². The molecular weight excluding hydrogens is 226 g/mol. The Morgan fingerprint density at radius 2 is 2.00 bits per heavy atom. The lowest BCUT2D eigenvalue weighted by molar-refractivity contribution is 0.415. The highest BCUT2D eigenvalue weighted by molar-refractivity contribution is 5.50. The second kappa shape index (κ2) is 5.17. The number of anilines is 1. The van der Waals surface area contributed by atoms with Gasteiger partial charge in [0.2, 0.25) is 0 Å². The van der Waals surface area contributed by atoms with Gasteiger partial charge in [-0.3, -0.25) is 0 Å². The first-order valence-corrected chi connectivity index (χ1v) is 6.07. The molecule has 96 valence electrons. The van der Waals surface area contributed by atoms with Crippen molar-refractivity contribution in [3.8, 4) is 5.75 Å². The molecule has 0 bridgehead atoms. The molecule has 1 heterocycles. The first kappa shape index (κ1) is 12.6. The smallest absolute Gasteiger partial charge is 0.120 e. The van der Waals surface area contributed by atoms with Crippen LogP contribution in [-0.4, -0.2) is 7.11 Å². The van der Waals surface area contributed by atoms with Crippen LogP contribution in [0.3, 0.4) is 0 Å². The Kier molecular flexibility index (Phi) is 3.60. The summed E-state index contributed by atoms with van der Waals surface area (Å²) in [5.74, 6) is 2.77. The number of nitrogens with one attached hydrogen (secondary N) is 1. The molecule has 18 heavy (non-hydrogen) atoms. The lowest BCUT2D eigenvalue weighted by Gasteiger charge is -2.15. The maximum Gasteiger partial charge on any atom is 0.120 e. The molecule has 1 aromatic heterocycles. The number of furan rings is 1. The summed E-state index contributed by atoms with van der Waals surface area (Å²) in [6, 6.07) is 10.2. The van der Waals surface area contributed by atoms with Gasteiger partial charge >= 0.3 is 0 Å². The standard InChI is InChI=1S/C15H19NO2/c1-10-8-15(12(3)18-10)11(2)16-13-6-5-7-14(9-13)17-4/h5-9,11,16H,1-4H3. The zero-order valence-corrected chi connectivity index (χ0v) is 11.3. The highest BCUT2D eigenvalue weighted by Crippen LogP contribution is 2.26. The van der Waals surface area contributed by atoms with Crippen molar-refractivity contribution in [3.63, 3.8) is 0 Å². The molecule has 0 aliphatic heterocycles. The van der Waals surface area contributed by atoms with Crippen LogP contribution in [0.5, 0.6) is 5.75 Å². The number of methoxy groups -OCH3 is 1. The Hall–Kier alpha value is -1.90. The lowest BCUT2D eigenvalue weighted by Crippen LogP contribution is -2.06. The molecule has 1 aromatic carbocycles. The van der Waals surface area contributed by atoms with E-state index in [0.29, 0.717) is 0 Å². The predicted octanol–water partition coefficient (Wildman–Crippen LogP) is 4.08. The van der Waals surface area contributed by atoms with E-state index >= 15 is 0 Å². The fourth-order valence-corrected chi connectivity index (χ4v) is 2.12. The molecule has 0 spiro atoms. The van der Waals surface area contributed by atoms with Crippen molar-refractivity contribution in [2.45, 2.75) is 26.8 Å². The molecule has 2 aromatic rings. The van der Waals surface area contributed by atoms with E-state index < -0.39 is 0 Å². The van der Waals surface area contributed by atoms with Gasteiger partial charge in [0.15, 0.2) is 0 Å². The number of rotatable bonds is 4. The fourth-order valence-electron chi connectivity index (χ4n) is 2.12. The molecule has 1 N–H and O–H groups in total. The minimum atomic E-state index is 0.203. The van der Waals surface area contributed by atoms with Crippen molar-refractivity contribution in [2.75, 3.05) is 12.4 Å². The minimum Gasteiger partial charge on any atom is -0.497 e. The van der Waals surface area contributed by atoms with E-state index in [2.05, 4.69) is 18.3 Å². The van der Waals surface area contributed by atoms with Gasteiger partial charge in [-0.15, -0.1) is 0 Å². The van der Waals surface area contributed by atoms with Gasteiger partial charge in [-0.25, -0.2) is 0 Å². The van der Waals surface area contributed by atoms with E-state index in [9.17, 15) is 0 Å². The number of ether oxygens (including phenoxy) is 1.